The fourth-order valence-electron chi connectivity index (χ4n) is 6.21. The fourth-order valence-corrected chi connectivity index (χ4v) is 6.21. The van der Waals surface area contributed by atoms with Crippen LogP contribution in [0.3, 0.4) is 0 Å². The van der Waals surface area contributed by atoms with Crippen molar-refractivity contribution in [3.8, 4) is 17.0 Å². The van der Waals surface area contributed by atoms with Crippen LogP contribution < -0.4 is 9.64 Å². The predicted molar refractivity (Wildman–Crippen MR) is 138 cm³/mol. The predicted octanol–water partition coefficient (Wildman–Crippen LogP) is 5.58. The van der Waals surface area contributed by atoms with Crippen LogP contribution in [-0.4, -0.2) is 55.4 Å². The summed E-state index contributed by atoms with van der Waals surface area (Å²) < 4.78 is 57.1. The highest BCUT2D eigenvalue weighted by Crippen LogP contribution is 2.46. The summed E-state index contributed by atoms with van der Waals surface area (Å²) in [7, 11) is 0. The molecule has 3 fully saturated rings. The molecule has 13 heteroatoms. The number of aromatic nitrogens is 4. The first-order chi connectivity index (χ1) is 19.7. The van der Waals surface area contributed by atoms with Crippen LogP contribution in [-0.2, 0) is 11.3 Å². The molecule has 1 aliphatic carbocycles. The number of hydrogen-bond acceptors (Lipinski definition) is 8. The number of benzene rings is 1. The summed E-state index contributed by atoms with van der Waals surface area (Å²) in [5.41, 5.74) is 1.52. The van der Waals surface area contributed by atoms with Gasteiger partial charge in [-0.3, -0.25) is 0 Å². The van der Waals surface area contributed by atoms with Gasteiger partial charge in [0.15, 0.2) is 5.65 Å². The zero-order valence-corrected chi connectivity index (χ0v) is 21.8. The molecule has 0 spiro atoms. The quantitative estimate of drug-likeness (QED) is 0.291. The van der Waals surface area contributed by atoms with Crippen molar-refractivity contribution in [2.75, 3.05) is 4.90 Å². The SMILES string of the molecule is O=C(O)c1cnn2ccc(N3C4CC[C@H]3CC(OCc3c(-c5ccccc5OC(F)(F)F)noc3C3CC3)C4)nc12. The first-order valence-electron chi connectivity index (χ1n) is 13.6. The van der Waals surface area contributed by atoms with Crippen molar-refractivity contribution in [2.24, 2.45) is 0 Å². The highest BCUT2D eigenvalue weighted by atomic mass is 19.4. The van der Waals surface area contributed by atoms with E-state index in [2.05, 4.69) is 24.9 Å². The van der Waals surface area contributed by atoms with Gasteiger partial charge in [-0.2, -0.15) is 5.10 Å². The number of ether oxygens (including phenoxy) is 2. The summed E-state index contributed by atoms with van der Waals surface area (Å²) in [6.45, 7) is 0.164. The number of fused-ring (bicyclic) bond motifs is 3. The Bertz CT molecular complexity index is 1600. The zero-order valence-electron chi connectivity index (χ0n) is 21.8. The third-order valence-electron chi connectivity index (χ3n) is 8.14. The van der Waals surface area contributed by atoms with Gasteiger partial charge in [0.25, 0.3) is 0 Å². The second kappa shape index (κ2) is 9.75. The van der Waals surface area contributed by atoms with Crippen LogP contribution in [0.15, 0.2) is 47.2 Å². The van der Waals surface area contributed by atoms with Crippen molar-refractivity contribution in [1.29, 1.82) is 0 Å². The number of halogens is 3. The highest BCUT2D eigenvalue weighted by Gasteiger charge is 2.43. The Morgan fingerprint density at radius 3 is 2.56 bits per heavy atom. The molecule has 214 valence electrons. The molecule has 1 aromatic carbocycles. The maximum atomic E-state index is 13.1. The molecular weight excluding hydrogens is 543 g/mol. The minimum absolute atomic E-state index is 0.0515. The number of aromatic carboxylic acids is 1. The standard InChI is InChI=1S/C28H26F3N5O5/c29-28(30,31)40-22-4-2-1-3-19(22)24-21(25(41-34-24)15-5-6-15)14-39-18-11-16-7-8-17(12-18)36(16)23-9-10-35-26(33-23)20(13-32-35)27(37)38/h1-4,9-10,13,15-18H,5-8,11-12,14H2,(H,37,38)/t16-,17?,18?/m0/s1. The highest BCUT2D eigenvalue weighted by molar-refractivity contribution is 5.94. The molecule has 5 heterocycles. The maximum absolute atomic E-state index is 13.1. The molecule has 1 saturated carbocycles. The van der Waals surface area contributed by atoms with E-state index in [4.69, 9.17) is 9.26 Å². The molecule has 2 saturated heterocycles. The van der Waals surface area contributed by atoms with E-state index in [1.807, 2.05) is 6.07 Å². The average molecular weight is 570 g/mol. The van der Waals surface area contributed by atoms with Gasteiger partial charge in [0.2, 0.25) is 0 Å². The largest absolute Gasteiger partial charge is 0.573 e. The Labute approximate surface area is 231 Å². The van der Waals surface area contributed by atoms with Crippen LogP contribution in [0.25, 0.3) is 16.9 Å². The smallest absolute Gasteiger partial charge is 0.477 e. The van der Waals surface area contributed by atoms with E-state index in [9.17, 15) is 23.1 Å². The summed E-state index contributed by atoms with van der Waals surface area (Å²) in [6, 6.07) is 8.10. The van der Waals surface area contributed by atoms with Crippen LogP contribution in [0.2, 0.25) is 0 Å². The summed E-state index contributed by atoms with van der Waals surface area (Å²) in [5.74, 6) is 0.145. The lowest BCUT2D eigenvalue weighted by Crippen LogP contribution is -2.46. The van der Waals surface area contributed by atoms with Gasteiger partial charge in [0.1, 0.15) is 28.6 Å². The van der Waals surface area contributed by atoms with E-state index in [1.54, 1.807) is 12.3 Å². The van der Waals surface area contributed by atoms with Gasteiger partial charge in [-0.15, -0.1) is 13.2 Å². The molecule has 3 atom stereocenters. The number of carbonyl (C=O) groups is 1. The molecule has 2 aliphatic heterocycles. The maximum Gasteiger partial charge on any atom is 0.573 e. The number of alkyl halides is 3. The van der Waals surface area contributed by atoms with Gasteiger partial charge < -0.3 is 24.0 Å². The average Bonchev–Trinajstić information content (AvgIpc) is 3.44. The van der Waals surface area contributed by atoms with Crippen LogP contribution >= 0.6 is 0 Å². The lowest BCUT2D eigenvalue weighted by Gasteiger charge is -2.39. The van der Waals surface area contributed by atoms with E-state index >= 15 is 0 Å². The molecule has 2 bridgehead atoms. The van der Waals surface area contributed by atoms with Gasteiger partial charge in [0.05, 0.1) is 18.9 Å². The number of hydrogen-bond donors (Lipinski definition) is 1. The zero-order chi connectivity index (χ0) is 28.3. The molecule has 7 rings (SSSR count). The summed E-state index contributed by atoms with van der Waals surface area (Å²) in [6.07, 6.45) is 3.36. The first-order valence-corrected chi connectivity index (χ1v) is 13.6. The summed E-state index contributed by atoms with van der Waals surface area (Å²) >= 11 is 0. The van der Waals surface area contributed by atoms with Crippen LogP contribution in [0.1, 0.15) is 66.1 Å². The van der Waals surface area contributed by atoms with E-state index < -0.39 is 12.3 Å². The molecule has 10 nitrogen and oxygen atoms in total. The van der Waals surface area contributed by atoms with Crippen molar-refractivity contribution in [3.05, 3.63) is 59.6 Å². The molecule has 4 aromatic rings. The lowest BCUT2D eigenvalue weighted by molar-refractivity contribution is -0.274. The normalized spacial score (nSPS) is 22.4. The van der Waals surface area contributed by atoms with E-state index in [0.29, 0.717) is 28.5 Å². The second-order valence-electron chi connectivity index (χ2n) is 10.8. The molecular formula is C28H26F3N5O5. The molecule has 1 N–H and O–H groups in total. The number of carboxylic acids is 1. The Morgan fingerprint density at radius 2 is 1.85 bits per heavy atom. The van der Waals surface area contributed by atoms with Crippen molar-refractivity contribution in [1.82, 2.24) is 19.8 Å². The number of rotatable bonds is 8. The van der Waals surface area contributed by atoms with E-state index in [1.165, 1.54) is 28.9 Å². The molecule has 2 unspecified atom stereocenters. The lowest BCUT2D eigenvalue weighted by atomic mass is 9.99. The topological polar surface area (TPSA) is 115 Å². The van der Waals surface area contributed by atoms with Crippen LogP contribution in [0.4, 0.5) is 19.0 Å². The van der Waals surface area contributed by atoms with Gasteiger partial charge in [0, 0.05) is 35.3 Å². The minimum atomic E-state index is -4.84. The Morgan fingerprint density at radius 1 is 1.10 bits per heavy atom. The minimum Gasteiger partial charge on any atom is -0.477 e. The number of carboxylic acid groups (broad SMARTS) is 1. The van der Waals surface area contributed by atoms with E-state index in [-0.39, 0.29) is 47.6 Å². The monoisotopic (exact) mass is 569 g/mol. The Hall–Kier alpha value is -4.13. The van der Waals surface area contributed by atoms with Crippen molar-refractivity contribution in [2.45, 2.75) is 75.6 Å². The van der Waals surface area contributed by atoms with Gasteiger partial charge in [-0.25, -0.2) is 14.3 Å². The van der Waals surface area contributed by atoms with Crippen molar-refractivity contribution < 1.29 is 37.1 Å². The second-order valence-corrected chi connectivity index (χ2v) is 10.8. The third-order valence-corrected chi connectivity index (χ3v) is 8.14. The third kappa shape index (κ3) is 4.88. The number of piperidine rings is 1. The van der Waals surface area contributed by atoms with Crippen LogP contribution in [0, 0.1) is 0 Å². The van der Waals surface area contributed by atoms with E-state index in [0.717, 1.165) is 38.5 Å². The first kappa shape index (κ1) is 25.8. The van der Waals surface area contributed by atoms with Crippen molar-refractivity contribution in [3.63, 3.8) is 0 Å². The summed E-state index contributed by atoms with van der Waals surface area (Å²) in [5, 5.41) is 17.7. The van der Waals surface area contributed by atoms with Crippen molar-refractivity contribution >= 4 is 17.4 Å². The van der Waals surface area contributed by atoms with Crippen LogP contribution in [0.5, 0.6) is 5.75 Å². The van der Waals surface area contributed by atoms with Gasteiger partial charge in [-0.05, 0) is 56.7 Å². The number of anilines is 1. The molecule has 0 amide bonds. The summed E-state index contributed by atoms with van der Waals surface area (Å²) in [4.78, 5) is 18.5. The molecule has 0 radical (unpaired) electrons. The Kier molecular flexibility index (Phi) is 6.14. The molecule has 3 aromatic heterocycles. The fraction of sp³-hybridized carbons (Fsp3) is 0.429. The van der Waals surface area contributed by atoms with Gasteiger partial charge in [-0.1, -0.05) is 17.3 Å². The number of nitrogens with zero attached hydrogens (tertiary/aromatic N) is 5. The molecule has 3 aliphatic rings. The number of para-hydroxylation sites is 1. The Balaban J connectivity index is 1.10. The molecule has 41 heavy (non-hydrogen) atoms. The van der Waals surface area contributed by atoms with Gasteiger partial charge >= 0.3 is 12.3 Å².